The first kappa shape index (κ1) is 20.8. The second kappa shape index (κ2) is 9.60. The molecule has 0 aliphatic rings. The van der Waals surface area contributed by atoms with Gasteiger partial charge in [-0.1, -0.05) is 53.5 Å². The van der Waals surface area contributed by atoms with E-state index in [4.69, 9.17) is 27.9 Å². The van der Waals surface area contributed by atoms with Crippen LogP contribution in [0.25, 0.3) is 10.9 Å². The van der Waals surface area contributed by atoms with Crippen LogP contribution < -0.4 is 10.2 Å². The first-order valence-corrected chi connectivity index (χ1v) is 10.2. The molecule has 1 amide bonds. The standard InChI is InChI=1S/C24H17Cl2N3O2/c25-20-9-11-21(12-10-20)31-15-16-5-7-17(8-6-16)24(30)29-27-14-19-13-18-3-1-2-4-22(18)28-23(19)26/h1-14H,15H2,(H,29,30)/b27-14-. The van der Waals surface area contributed by atoms with Gasteiger partial charge < -0.3 is 4.74 Å². The molecule has 0 spiro atoms. The van der Waals surface area contributed by atoms with E-state index in [0.29, 0.717) is 27.9 Å². The highest BCUT2D eigenvalue weighted by Gasteiger charge is 2.06. The third kappa shape index (κ3) is 5.40. The second-order valence-corrected chi connectivity index (χ2v) is 7.49. The number of pyridine rings is 1. The molecule has 4 aromatic rings. The first-order chi connectivity index (χ1) is 15.1. The van der Waals surface area contributed by atoms with Crippen LogP contribution in [0.1, 0.15) is 21.5 Å². The third-order valence-electron chi connectivity index (χ3n) is 4.51. The minimum absolute atomic E-state index is 0.321. The summed E-state index contributed by atoms with van der Waals surface area (Å²) in [6.07, 6.45) is 1.48. The van der Waals surface area contributed by atoms with E-state index in [-0.39, 0.29) is 5.91 Å². The molecule has 0 fully saturated rings. The Kier molecular flexibility index (Phi) is 6.46. The normalized spacial score (nSPS) is 11.0. The molecule has 7 heteroatoms. The molecule has 1 N–H and O–H groups in total. The number of nitrogens with one attached hydrogen (secondary N) is 1. The van der Waals surface area contributed by atoms with E-state index in [1.165, 1.54) is 6.21 Å². The number of para-hydroxylation sites is 1. The van der Waals surface area contributed by atoms with Crippen molar-refractivity contribution in [3.05, 3.63) is 106 Å². The largest absolute Gasteiger partial charge is 0.489 e. The summed E-state index contributed by atoms with van der Waals surface area (Å²) in [6.45, 7) is 0.384. The zero-order valence-electron chi connectivity index (χ0n) is 16.3. The molecule has 0 radical (unpaired) electrons. The quantitative estimate of drug-likeness (QED) is 0.227. The van der Waals surface area contributed by atoms with E-state index in [2.05, 4.69) is 15.5 Å². The summed E-state index contributed by atoms with van der Waals surface area (Å²) in [7, 11) is 0. The summed E-state index contributed by atoms with van der Waals surface area (Å²) < 4.78 is 5.70. The van der Waals surface area contributed by atoms with E-state index in [1.807, 2.05) is 42.5 Å². The van der Waals surface area contributed by atoms with Crippen molar-refractivity contribution in [1.29, 1.82) is 0 Å². The van der Waals surface area contributed by atoms with Gasteiger partial charge in [0.05, 0.1) is 11.7 Å². The van der Waals surface area contributed by atoms with Crippen LogP contribution in [0.4, 0.5) is 0 Å². The smallest absolute Gasteiger partial charge is 0.271 e. The lowest BCUT2D eigenvalue weighted by atomic mass is 10.1. The van der Waals surface area contributed by atoms with Crippen LogP contribution in [-0.4, -0.2) is 17.1 Å². The number of ether oxygens (including phenoxy) is 1. The maximum Gasteiger partial charge on any atom is 0.271 e. The number of carbonyl (C=O) groups excluding carboxylic acids is 1. The van der Waals surface area contributed by atoms with Crippen molar-refractivity contribution < 1.29 is 9.53 Å². The highest BCUT2D eigenvalue weighted by molar-refractivity contribution is 6.32. The van der Waals surface area contributed by atoms with Gasteiger partial charge in [-0.05, 0) is 54.1 Å². The van der Waals surface area contributed by atoms with Crippen molar-refractivity contribution in [2.75, 3.05) is 0 Å². The van der Waals surface area contributed by atoms with Crippen LogP contribution in [0.3, 0.4) is 0 Å². The molecule has 31 heavy (non-hydrogen) atoms. The van der Waals surface area contributed by atoms with Gasteiger partial charge in [-0.15, -0.1) is 0 Å². The Morgan fingerprint density at radius 3 is 2.52 bits per heavy atom. The molecule has 1 heterocycles. The van der Waals surface area contributed by atoms with Gasteiger partial charge in [0.1, 0.15) is 17.5 Å². The minimum Gasteiger partial charge on any atom is -0.489 e. The van der Waals surface area contributed by atoms with E-state index < -0.39 is 0 Å². The SMILES string of the molecule is O=C(N/N=C\c1cc2ccccc2nc1Cl)c1ccc(COc2ccc(Cl)cc2)cc1. The summed E-state index contributed by atoms with van der Waals surface area (Å²) >= 11 is 12.1. The van der Waals surface area contributed by atoms with E-state index in [0.717, 1.165) is 22.2 Å². The van der Waals surface area contributed by atoms with Crippen molar-refractivity contribution in [3.63, 3.8) is 0 Å². The summed E-state index contributed by atoms with van der Waals surface area (Å²) in [4.78, 5) is 16.7. The van der Waals surface area contributed by atoms with Crippen LogP contribution in [0.2, 0.25) is 10.2 Å². The van der Waals surface area contributed by atoms with Gasteiger partial charge in [0.25, 0.3) is 5.91 Å². The monoisotopic (exact) mass is 449 g/mol. The highest BCUT2D eigenvalue weighted by atomic mass is 35.5. The summed E-state index contributed by atoms with van der Waals surface area (Å²) in [5, 5.41) is 5.93. The number of hydrazone groups is 1. The molecule has 4 rings (SSSR count). The van der Waals surface area contributed by atoms with Crippen LogP contribution >= 0.6 is 23.2 Å². The lowest BCUT2D eigenvalue weighted by Crippen LogP contribution is -2.17. The molecule has 5 nitrogen and oxygen atoms in total. The molecule has 0 aliphatic carbocycles. The zero-order valence-corrected chi connectivity index (χ0v) is 17.8. The number of aromatic nitrogens is 1. The van der Waals surface area contributed by atoms with Crippen molar-refractivity contribution in [2.45, 2.75) is 6.61 Å². The number of carbonyl (C=O) groups is 1. The zero-order chi connectivity index (χ0) is 21.6. The first-order valence-electron chi connectivity index (χ1n) is 9.44. The van der Waals surface area contributed by atoms with Crippen molar-refractivity contribution in [1.82, 2.24) is 10.4 Å². The molecule has 1 aromatic heterocycles. The topological polar surface area (TPSA) is 63.6 Å². The lowest BCUT2D eigenvalue weighted by Gasteiger charge is -2.07. The number of hydrogen-bond acceptors (Lipinski definition) is 4. The Morgan fingerprint density at radius 1 is 1.00 bits per heavy atom. The van der Waals surface area contributed by atoms with Gasteiger partial charge in [-0.2, -0.15) is 5.10 Å². The average Bonchev–Trinajstić information content (AvgIpc) is 2.79. The molecule has 0 bridgehead atoms. The van der Waals surface area contributed by atoms with Gasteiger partial charge in [0.2, 0.25) is 0 Å². The van der Waals surface area contributed by atoms with Crippen molar-refractivity contribution >= 4 is 46.2 Å². The van der Waals surface area contributed by atoms with Gasteiger partial charge in [0, 0.05) is 21.5 Å². The number of halogens is 2. The number of fused-ring (bicyclic) bond motifs is 1. The number of nitrogens with zero attached hydrogens (tertiary/aromatic N) is 2. The summed E-state index contributed by atoms with van der Waals surface area (Å²) in [6, 6.07) is 23.8. The van der Waals surface area contributed by atoms with Crippen molar-refractivity contribution in [2.24, 2.45) is 5.10 Å². The minimum atomic E-state index is -0.328. The molecule has 154 valence electrons. The Hall–Kier alpha value is -3.41. The number of amides is 1. The predicted molar refractivity (Wildman–Crippen MR) is 124 cm³/mol. The molecule has 0 unspecified atom stereocenters. The van der Waals surface area contributed by atoms with Gasteiger partial charge in [0.15, 0.2) is 0 Å². The molecule has 0 aliphatic heterocycles. The Balaban J connectivity index is 1.35. The average molecular weight is 450 g/mol. The van der Waals surface area contributed by atoms with Crippen LogP contribution in [0.5, 0.6) is 5.75 Å². The fourth-order valence-electron chi connectivity index (χ4n) is 2.87. The third-order valence-corrected chi connectivity index (χ3v) is 5.06. The molecular formula is C24H17Cl2N3O2. The highest BCUT2D eigenvalue weighted by Crippen LogP contribution is 2.19. The summed E-state index contributed by atoms with van der Waals surface area (Å²) in [5.74, 6) is 0.397. The molecular weight excluding hydrogens is 433 g/mol. The van der Waals surface area contributed by atoms with E-state index >= 15 is 0 Å². The van der Waals surface area contributed by atoms with Crippen LogP contribution in [-0.2, 0) is 6.61 Å². The lowest BCUT2D eigenvalue weighted by molar-refractivity contribution is 0.0955. The Bertz CT molecular complexity index is 1240. The number of rotatable bonds is 6. The van der Waals surface area contributed by atoms with Crippen molar-refractivity contribution in [3.8, 4) is 5.75 Å². The maximum absolute atomic E-state index is 12.3. The molecule has 0 atom stereocenters. The molecule has 3 aromatic carbocycles. The molecule has 0 saturated heterocycles. The Labute approximate surface area is 189 Å². The summed E-state index contributed by atoms with van der Waals surface area (Å²) in [5.41, 5.74) is 5.34. The van der Waals surface area contributed by atoms with E-state index in [1.54, 1.807) is 36.4 Å². The Morgan fingerprint density at radius 2 is 1.74 bits per heavy atom. The van der Waals surface area contributed by atoms with Gasteiger partial charge >= 0.3 is 0 Å². The fraction of sp³-hybridized carbons (Fsp3) is 0.0417. The van der Waals surface area contributed by atoms with Crippen LogP contribution in [0, 0.1) is 0 Å². The van der Waals surface area contributed by atoms with Crippen LogP contribution in [0.15, 0.2) is 84.0 Å². The van der Waals surface area contributed by atoms with E-state index in [9.17, 15) is 4.79 Å². The molecule has 0 saturated carbocycles. The maximum atomic E-state index is 12.3. The van der Waals surface area contributed by atoms with Gasteiger partial charge in [-0.3, -0.25) is 4.79 Å². The second-order valence-electron chi connectivity index (χ2n) is 6.70. The van der Waals surface area contributed by atoms with Gasteiger partial charge in [-0.25, -0.2) is 10.4 Å². The fourth-order valence-corrected chi connectivity index (χ4v) is 3.19. The number of benzene rings is 3. The predicted octanol–water partition coefficient (Wildman–Crippen LogP) is 5.88. The number of hydrogen-bond donors (Lipinski definition) is 1.